The molecule has 1 aliphatic carbocycles. The number of methoxy groups -OCH3 is 1. The quantitative estimate of drug-likeness (QED) is 0.890. The van der Waals surface area contributed by atoms with E-state index in [0.29, 0.717) is 17.2 Å². The van der Waals surface area contributed by atoms with E-state index in [9.17, 15) is 9.90 Å². The third-order valence-corrected chi connectivity index (χ3v) is 4.63. The van der Waals surface area contributed by atoms with Gasteiger partial charge in [-0.05, 0) is 43.9 Å². The first-order chi connectivity index (χ1) is 9.49. The summed E-state index contributed by atoms with van der Waals surface area (Å²) in [7, 11) is 1.60. The van der Waals surface area contributed by atoms with Crippen LogP contribution in [-0.4, -0.2) is 23.2 Å². The molecule has 1 atom stereocenters. The van der Waals surface area contributed by atoms with Crippen LogP contribution in [0, 0.1) is 0 Å². The number of H-pyrrole nitrogens is 1. The van der Waals surface area contributed by atoms with Gasteiger partial charge in [-0.2, -0.15) is 0 Å². The lowest BCUT2D eigenvalue weighted by atomic mass is 9.75. The first-order valence-electron chi connectivity index (χ1n) is 6.60. The number of aryl methyl sites for hydroxylation is 1. The average Bonchev–Trinajstić information content (AvgIpc) is 2.81. The molecule has 106 valence electrons. The second-order valence-electron chi connectivity index (χ2n) is 5.47. The van der Waals surface area contributed by atoms with E-state index in [1.807, 2.05) is 0 Å². The second kappa shape index (κ2) is 4.42. The number of aromatic nitrogens is 1. The number of rotatable bonds is 2. The summed E-state index contributed by atoms with van der Waals surface area (Å²) in [6.07, 6.45) is 2.31. The Balaban J connectivity index is 2.38. The number of halogens is 1. The van der Waals surface area contributed by atoms with E-state index >= 15 is 0 Å². The normalized spacial score (nSPS) is 21.8. The van der Waals surface area contributed by atoms with Crippen LogP contribution in [0.4, 0.5) is 0 Å². The molecule has 0 amide bonds. The van der Waals surface area contributed by atoms with Crippen molar-refractivity contribution in [3.05, 3.63) is 28.4 Å². The summed E-state index contributed by atoms with van der Waals surface area (Å²) in [5.74, 6) is -0.119. The van der Waals surface area contributed by atoms with Gasteiger partial charge in [0.05, 0.1) is 17.6 Å². The number of fused-ring (bicyclic) bond motifs is 3. The first kappa shape index (κ1) is 13.3. The molecule has 0 spiro atoms. The highest BCUT2D eigenvalue weighted by Crippen LogP contribution is 2.44. The lowest BCUT2D eigenvalue weighted by Crippen LogP contribution is -2.36. The number of carboxylic acid groups (broad SMARTS) is 1. The molecule has 1 heterocycles. The molecule has 2 aromatic rings. The molecule has 0 bridgehead atoms. The van der Waals surface area contributed by atoms with Crippen LogP contribution >= 0.6 is 11.6 Å². The SMILES string of the molecule is COc1ccc(Cl)c2c3c([nH]c12)C(C)(C(=O)O)CCC3. The number of carboxylic acids is 1. The van der Waals surface area contributed by atoms with Gasteiger partial charge in [-0.25, -0.2) is 0 Å². The van der Waals surface area contributed by atoms with Crippen molar-refractivity contribution in [3.63, 3.8) is 0 Å². The average molecular weight is 294 g/mol. The van der Waals surface area contributed by atoms with Crippen LogP contribution in [0.3, 0.4) is 0 Å². The molecule has 5 heteroatoms. The molecule has 1 aliphatic rings. The zero-order chi connectivity index (χ0) is 14.5. The predicted molar refractivity (Wildman–Crippen MR) is 77.8 cm³/mol. The number of nitrogens with one attached hydrogen (secondary N) is 1. The lowest BCUT2D eigenvalue weighted by Gasteiger charge is -2.29. The van der Waals surface area contributed by atoms with Gasteiger partial charge in [0.2, 0.25) is 0 Å². The summed E-state index contributed by atoms with van der Waals surface area (Å²) in [5, 5.41) is 11.1. The maximum absolute atomic E-state index is 11.7. The monoisotopic (exact) mass is 293 g/mol. The summed E-state index contributed by atoms with van der Waals surface area (Å²) >= 11 is 6.31. The van der Waals surface area contributed by atoms with Crippen molar-refractivity contribution in [1.82, 2.24) is 4.98 Å². The summed E-state index contributed by atoms with van der Waals surface area (Å²) < 4.78 is 5.35. The van der Waals surface area contributed by atoms with Crippen molar-refractivity contribution < 1.29 is 14.6 Å². The zero-order valence-corrected chi connectivity index (χ0v) is 12.2. The van der Waals surface area contributed by atoms with E-state index in [-0.39, 0.29) is 0 Å². The fraction of sp³-hybridized carbons (Fsp3) is 0.400. The Morgan fingerprint density at radius 3 is 2.90 bits per heavy atom. The van der Waals surface area contributed by atoms with Crippen molar-refractivity contribution in [2.24, 2.45) is 0 Å². The van der Waals surface area contributed by atoms with Crippen LogP contribution in [0.1, 0.15) is 31.0 Å². The maximum Gasteiger partial charge on any atom is 0.315 e. The van der Waals surface area contributed by atoms with Crippen molar-refractivity contribution in [2.75, 3.05) is 7.11 Å². The summed E-state index contributed by atoms with van der Waals surface area (Å²) in [6.45, 7) is 1.77. The van der Waals surface area contributed by atoms with E-state index in [0.717, 1.165) is 35.0 Å². The van der Waals surface area contributed by atoms with Crippen LogP contribution in [0.25, 0.3) is 10.9 Å². The van der Waals surface area contributed by atoms with E-state index < -0.39 is 11.4 Å². The van der Waals surface area contributed by atoms with Crippen LogP contribution in [-0.2, 0) is 16.6 Å². The third-order valence-electron chi connectivity index (χ3n) is 4.32. The molecule has 2 N–H and O–H groups in total. The Kier molecular flexibility index (Phi) is 2.94. The molecule has 3 rings (SSSR count). The van der Waals surface area contributed by atoms with Gasteiger partial charge in [-0.1, -0.05) is 11.6 Å². The van der Waals surface area contributed by atoms with Gasteiger partial charge in [0.15, 0.2) is 0 Å². The largest absolute Gasteiger partial charge is 0.495 e. The van der Waals surface area contributed by atoms with Gasteiger partial charge in [0.1, 0.15) is 11.2 Å². The van der Waals surface area contributed by atoms with Crippen LogP contribution in [0.2, 0.25) is 5.02 Å². The summed E-state index contributed by atoms with van der Waals surface area (Å²) in [4.78, 5) is 14.9. The Morgan fingerprint density at radius 2 is 2.25 bits per heavy atom. The van der Waals surface area contributed by atoms with Crippen molar-refractivity contribution in [1.29, 1.82) is 0 Å². The number of hydrogen-bond donors (Lipinski definition) is 2. The molecule has 4 nitrogen and oxygen atoms in total. The molecule has 0 saturated carbocycles. The van der Waals surface area contributed by atoms with Crippen LogP contribution in [0.15, 0.2) is 12.1 Å². The molecular formula is C15H16ClNO3. The van der Waals surface area contributed by atoms with Crippen LogP contribution < -0.4 is 4.74 Å². The highest BCUT2D eigenvalue weighted by molar-refractivity contribution is 6.36. The van der Waals surface area contributed by atoms with Gasteiger partial charge in [-0.3, -0.25) is 4.79 Å². The van der Waals surface area contributed by atoms with Crippen molar-refractivity contribution in [3.8, 4) is 5.75 Å². The number of benzene rings is 1. The number of hydrogen-bond acceptors (Lipinski definition) is 2. The van der Waals surface area contributed by atoms with Gasteiger partial charge >= 0.3 is 5.97 Å². The van der Waals surface area contributed by atoms with Gasteiger partial charge in [-0.15, -0.1) is 0 Å². The van der Waals surface area contributed by atoms with Crippen molar-refractivity contribution in [2.45, 2.75) is 31.6 Å². The molecular weight excluding hydrogens is 278 g/mol. The number of ether oxygens (including phenoxy) is 1. The molecule has 0 saturated heterocycles. The smallest absolute Gasteiger partial charge is 0.315 e. The molecule has 0 fully saturated rings. The second-order valence-corrected chi connectivity index (χ2v) is 5.88. The maximum atomic E-state index is 11.7. The molecule has 20 heavy (non-hydrogen) atoms. The summed E-state index contributed by atoms with van der Waals surface area (Å²) in [5.41, 5.74) is 1.68. The highest BCUT2D eigenvalue weighted by Gasteiger charge is 2.41. The zero-order valence-electron chi connectivity index (χ0n) is 11.4. The highest BCUT2D eigenvalue weighted by atomic mass is 35.5. The van der Waals surface area contributed by atoms with Gasteiger partial charge < -0.3 is 14.8 Å². The minimum absolute atomic E-state index is 0.627. The number of aromatic amines is 1. The summed E-state index contributed by atoms with van der Waals surface area (Å²) in [6, 6.07) is 3.59. The lowest BCUT2D eigenvalue weighted by molar-refractivity contribution is -0.143. The first-order valence-corrected chi connectivity index (χ1v) is 6.97. The number of carbonyl (C=O) groups is 1. The molecule has 1 unspecified atom stereocenters. The minimum atomic E-state index is -0.888. The Hall–Kier alpha value is -1.68. The molecule has 0 radical (unpaired) electrons. The Bertz CT molecular complexity index is 707. The number of aliphatic carboxylic acids is 1. The van der Waals surface area contributed by atoms with E-state index in [4.69, 9.17) is 16.3 Å². The van der Waals surface area contributed by atoms with Gasteiger partial charge in [0.25, 0.3) is 0 Å². The van der Waals surface area contributed by atoms with Crippen molar-refractivity contribution >= 4 is 28.5 Å². The Labute approximate surface area is 121 Å². The van der Waals surface area contributed by atoms with E-state index in [2.05, 4.69) is 4.98 Å². The standard InChI is InChI=1S/C15H16ClNO3/c1-15(14(18)19)7-3-4-8-11-9(16)5-6-10(20-2)12(11)17-13(8)15/h5-6,17H,3-4,7H2,1-2H3,(H,18,19). The molecule has 1 aromatic heterocycles. The van der Waals surface area contributed by atoms with Gasteiger partial charge in [0, 0.05) is 11.1 Å². The van der Waals surface area contributed by atoms with Crippen LogP contribution in [0.5, 0.6) is 5.75 Å². The van der Waals surface area contributed by atoms with E-state index in [1.165, 1.54) is 0 Å². The topological polar surface area (TPSA) is 62.3 Å². The van der Waals surface area contributed by atoms with E-state index in [1.54, 1.807) is 26.2 Å². The fourth-order valence-corrected chi connectivity index (χ4v) is 3.42. The fourth-order valence-electron chi connectivity index (χ4n) is 3.15. The Morgan fingerprint density at radius 1 is 1.50 bits per heavy atom. The minimum Gasteiger partial charge on any atom is -0.495 e. The predicted octanol–water partition coefficient (Wildman–Crippen LogP) is 3.51. The molecule has 0 aliphatic heterocycles. The molecule has 1 aromatic carbocycles. The third kappa shape index (κ3) is 1.64.